The second kappa shape index (κ2) is 9.38. The van der Waals surface area contributed by atoms with Gasteiger partial charge in [0.1, 0.15) is 16.3 Å². The predicted molar refractivity (Wildman–Crippen MR) is 131 cm³/mol. The Bertz CT molecular complexity index is 1420. The fraction of sp³-hybridized carbons (Fsp3) is 0.500. The Morgan fingerprint density at radius 2 is 1.77 bits per heavy atom. The van der Waals surface area contributed by atoms with Crippen LogP contribution in [0.4, 0.5) is 22.0 Å². The number of fused-ring (bicyclic) bond motifs is 3. The van der Waals surface area contributed by atoms with Crippen molar-refractivity contribution < 1.29 is 40.0 Å². The van der Waals surface area contributed by atoms with E-state index >= 15 is 0 Å². The number of hydrogen-bond acceptors (Lipinski definition) is 4. The van der Waals surface area contributed by atoms with Crippen molar-refractivity contribution in [1.82, 2.24) is 5.32 Å². The summed E-state index contributed by atoms with van der Waals surface area (Å²) in [5.41, 5.74) is -3.61. The number of benzene rings is 2. The van der Waals surface area contributed by atoms with Gasteiger partial charge < -0.3 is 5.32 Å². The second-order valence-corrected chi connectivity index (χ2v) is 13.2. The van der Waals surface area contributed by atoms with Crippen LogP contribution in [-0.4, -0.2) is 32.8 Å². The molecule has 0 bridgehead atoms. The van der Waals surface area contributed by atoms with Crippen molar-refractivity contribution in [2.24, 2.45) is 17.8 Å². The molecular formula is C28H28F5NO4S. The maximum absolute atomic E-state index is 14.8. The maximum atomic E-state index is 14.8. The number of sulfone groups is 1. The molecule has 2 aliphatic carbocycles. The third-order valence-electron chi connectivity index (χ3n) is 8.91. The van der Waals surface area contributed by atoms with E-state index in [2.05, 4.69) is 5.32 Å². The van der Waals surface area contributed by atoms with Gasteiger partial charge in [0.2, 0.25) is 11.6 Å². The summed E-state index contributed by atoms with van der Waals surface area (Å²) in [5, 5.41) is 2.63. The zero-order valence-corrected chi connectivity index (χ0v) is 22.0. The number of amides is 1. The summed E-state index contributed by atoms with van der Waals surface area (Å²) in [4.78, 5) is 24.5. The van der Waals surface area contributed by atoms with Crippen molar-refractivity contribution in [1.29, 1.82) is 0 Å². The number of rotatable bonds is 6. The monoisotopic (exact) mass is 569 g/mol. The van der Waals surface area contributed by atoms with E-state index in [1.807, 2.05) is 0 Å². The highest BCUT2D eigenvalue weighted by atomic mass is 32.2. The maximum Gasteiger partial charge on any atom is 0.426 e. The highest BCUT2D eigenvalue weighted by Crippen LogP contribution is 2.60. The Hall–Kier alpha value is -2.82. The van der Waals surface area contributed by atoms with Gasteiger partial charge in [-0.25, -0.2) is 17.2 Å². The lowest BCUT2D eigenvalue weighted by Crippen LogP contribution is -2.45. The van der Waals surface area contributed by atoms with Crippen LogP contribution >= 0.6 is 0 Å². The van der Waals surface area contributed by atoms with Gasteiger partial charge in [0, 0.05) is 25.3 Å². The van der Waals surface area contributed by atoms with E-state index in [-0.39, 0.29) is 61.2 Å². The van der Waals surface area contributed by atoms with Crippen LogP contribution in [0.1, 0.15) is 55.7 Å². The lowest BCUT2D eigenvalue weighted by Gasteiger charge is -2.43. The van der Waals surface area contributed by atoms with E-state index in [9.17, 15) is 40.0 Å². The summed E-state index contributed by atoms with van der Waals surface area (Å²) in [6.45, 7) is 0.673. The SMILES string of the molecule is CC(F)(c1ccc2c(c1)CC[C@H]1[C@H](CC(=O)[C@H]3CNC(=O)C3)CC[C@@]21S(=O)(=O)c1ccc(F)cc1)C(F)(F)F. The van der Waals surface area contributed by atoms with E-state index < -0.39 is 49.6 Å². The van der Waals surface area contributed by atoms with E-state index in [1.54, 1.807) is 0 Å². The number of carbonyl (C=O) groups excluding carboxylic acids is 2. The number of halogens is 5. The van der Waals surface area contributed by atoms with Crippen molar-refractivity contribution in [2.75, 3.05) is 6.54 Å². The van der Waals surface area contributed by atoms with Crippen LogP contribution in [0, 0.1) is 23.6 Å². The number of hydrogen-bond donors (Lipinski definition) is 1. The van der Waals surface area contributed by atoms with Crippen molar-refractivity contribution in [2.45, 2.75) is 66.9 Å². The lowest BCUT2D eigenvalue weighted by molar-refractivity contribution is -0.228. The summed E-state index contributed by atoms with van der Waals surface area (Å²) < 4.78 is 95.9. The highest BCUT2D eigenvalue weighted by Gasteiger charge is 2.61. The lowest BCUT2D eigenvalue weighted by atomic mass is 9.71. The molecule has 39 heavy (non-hydrogen) atoms. The van der Waals surface area contributed by atoms with Crippen LogP contribution < -0.4 is 5.32 Å². The van der Waals surface area contributed by atoms with Gasteiger partial charge in [0.25, 0.3) is 0 Å². The summed E-state index contributed by atoms with van der Waals surface area (Å²) in [7, 11) is -4.22. The highest BCUT2D eigenvalue weighted by molar-refractivity contribution is 7.92. The minimum Gasteiger partial charge on any atom is -0.355 e. The van der Waals surface area contributed by atoms with Crippen LogP contribution in [0.15, 0.2) is 47.4 Å². The van der Waals surface area contributed by atoms with Crippen LogP contribution in [0.25, 0.3) is 0 Å². The summed E-state index contributed by atoms with van der Waals surface area (Å²) >= 11 is 0. The van der Waals surface area contributed by atoms with Gasteiger partial charge in [-0.15, -0.1) is 0 Å². The van der Waals surface area contributed by atoms with Crippen LogP contribution in [-0.2, 0) is 36.3 Å². The molecule has 1 saturated heterocycles. The molecule has 1 amide bonds. The zero-order valence-electron chi connectivity index (χ0n) is 21.2. The van der Waals surface area contributed by atoms with Gasteiger partial charge in [0.15, 0.2) is 9.84 Å². The molecule has 1 heterocycles. The Morgan fingerprint density at radius 1 is 1.08 bits per heavy atom. The molecule has 5 atom stereocenters. The predicted octanol–water partition coefficient (Wildman–Crippen LogP) is 5.31. The normalized spacial score (nSPS) is 28.4. The van der Waals surface area contributed by atoms with E-state index in [0.717, 1.165) is 36.4 Å². The molecule has 2 aromatic rings. The first kappa shape index (κ1) is 27.7. The van der Waals surface area contributed by atoms with Gasteiger partial charge in [-0.1, -0.05) is 18.2 Å². The molecule has 0 radical (unpaired) electrons. The molecule has 3 aliphatic rings. The number of Topliss-reactive ketones (excluding diaryl/α,β-unsaturated/α-hetero) is 1. The average molecular weight is 570 g/mol. The molecule has 210 valence electrons. The second-order valence-electron chi connectivity index (χ2n) is 11.0. The van der Waals surface area contributed by atoms with Crippen LogP contribution in [0.5, 0.6) is 0 Å². The van der Waals surface area contributed by atoms with E-state index in [0.29, 0.717) is 24.5 Å². The molecule has 11 heteroatoms. The molecule has 1 saturated carbocycles. The Morgan fingerprint density at radius 3 is 2.38 bits per heavy atom. The molecule has 1 aliphatic heterocycles. The summed E-state index contributed by atoms with van der Waals surface area (Å²) in [5.74, 6) is -2.33. The number of nitrogens with one attached hydrogen (secondary N) is 1. The first-order chi connectivity index (χ1) is 18.2. The average Bonchev–Trinajstić information content (AvgIpc) is 3.48. The molecule has 5 nitrogen and oxygen atoms in total. The van der Waals surface area contributed by atoms with Crippen LogP contribution in [0.3, 0.4) is 0 Å². The topological polar surface area (TPSA) is 80.3 Å². The molecular weight excluding hydrogens is 541 g/mol. The van der Waals surface area contributed by atoms with Gasteiger partial charge in [-0.05, 0) is 85.4 Å². The van der Waals surface area contributed by atoms with Crippen molar-refractivity contribution in [3.05, 3.63) is 65.0 Å². The van der Waals surface area contributed by atoms with Gasteiger partial charge >= 0.3 is 6.18 Å². The quantitative estimate of drug-likeness (QED) is 0.378. The number of aryl methyl sites for hydroxylation is 1. The van der Waals surface area contributed by atoms with Crippen LogP contribution in [0.2, 0.25) is 0 Å². The molecule has 1 N–H and O–H groups in total. The number of alkyl halides is 4. The summed E-state index contributed by atoms with van der Waals surface area (Å²) in [6, 6.07) is 7.77. The Kier molecular flexibility index (Phi) is 6.67. The first-order valence-corrected chi connectivity index (χ1v) is 14.4. The molecule has 2 aromatic carbocycles. The Balaban J connectivity index is 1.60. The molecule has 0 aromatic heterocycles. The number of ketones is 1. The Labute approximate surface area is 223 Å². The van der Waals surface area contributed by atoms with Crippen molar-refractivity contribution in [3.63, 3.8) is 0 Å². The zero-order chi connectivity index (χ0) is 28.4. The third kappa shape index (κ3) is 4.37. The standard InChI is InChI=1S/C28H28F5NO4S/c1-26(30,28(31,32)33)19-3-9-23-16(12-19)2-8-22-17(13-24(35)18-14-25(36)34-15-18)10-11-27(22,23)39(37,38)21-6-4-20(29)5-7-21/h3-7,9,12,17-18,22H,2,8,10-11,13-15H2,1H3,(H,34,36)/t17-,18+,22-,26?,27-/m0/s1. The smallest absolute Gasteiger partial charge is 0.355 e. The fourth-order valence-electron chi connectivity index (χ4n) is 6.76. The van der Waals surface area contributed by atoms with Gasteiger partial charge in [-0.3, -0.25) is 9.59 Å². The largest absolute Gasteiger partial charge is 0.426 e. The van der Waals surface area contributed by atoms with E-state index in [4.69, 9.17) is 0 Å². The first-order valence-electron chi connectivity index (χ1n) is 12.9. The summed E-state index contributed by atoms with van der Waals surface area (Å²) in [6.07, 6.45) is -4.03. The van der Waals surface area contributed by atoms with Crippen molar-refractivity contribution >= 4 is 21.5 Å². The fourth-order valence-corrected chi connectivity index (χ4v) is 9.25. The van der Waals surface area contributed by atoms with Gasteiger partial charge in [-0.2, -0.15) is 13.2 Å². The minimum absolute atomic E-state index is 0.0784. The third-order valence-corrected chi connectivity index (χ3v) is 11.5. The van der Waals surface area contributed by atoms with Gasteiger partial charge in [0.05, 0.1) is 4.90 Å². The number of carbonyl (C=O) groups is 2. The molecule has 0 spiro atoms. The minimum atomic E-state index is -5.16. The molecule has 5 rings (SSSR count). The van der Waals surface area contributed by atoms with E-state index in [1.165, 1.54) is 6.07 Å². The van der Waals surface area contributed by atoms with Crippen molar-refractivity contribution in [3.8, 4) is 0 Å². The molecule has 2 fully saturated rings. The molecule has 1 unspecified atom stereocenters.